The van der Waals surface area contributed by atoms with Crippen molar-refractivity contribution in [2.75, 3.05) is 0 Å². The lowest BCUT2D eigenvalue weighted by Gasteiger charge is -1.95. The van der Waals surface area contributed by atoms with Crippen molar-refractivity contribution in [1.82, 2.24) is 4.98 Å². The van der Waals surface area contributed by atoms with Crippen LogP contribution >= 0.6 is 15.9 Å². The average molecular weight is 184 g/mol. The van der Waals surface area contributed by atoms with Crippen molar-refractivity contribution >= 4 is 29.4 Å². The number of nitrogens with zero attached hydrogens (tertiary/aromatic N) is 1. The summed E-state index contributed by atoms with van der Waals surface area (Å²) < 4.78 is 1.10. The molecular weight excluding hydrogens is 177 g/mol. The lowest BCUT2D eigenvalue weighted by Crippen LogP contribution is -2.08. The summed E-state index contributed by atoms with van der Waals surface area (Å²) in [6, 6.07) is 3.99. The third-order valence-electron chi connectivity index (χ3n) is 1.05. The van der Waals surface area contributed by atoms with Gasteiger partial charge in [0.25, 0.3) is 0 Å². The van der Waals surface area contributed by atoms with Crippen LogP contribution in [0.15, 0.2) is 16.6 Å². The second-order valence-corrected chi connectivity index (χ2v) is 2.98. The Bertz CT molecular complexity index is 174. The zero-order valence-corrected chi connectivity index (χ0v) is 7.07. The van der Waals surface area contributed by atoms with Gasteiger partial charge in [-0.3, -0.25) is 4.98 Å². The van der Waals surface area contributed by atoms with Gasteiger partial charge in [0.1, 0.15) is 0 Å². The minimum atomic E-state index is 1.06. The molecule has 0 fully saturated rings. The van der Waals surface area contributed by atoms with Gasteiger partial charge in [-0.25, -0.2) is 0 Å². The highest BCUT2D eigenvalue weighted by Gasteiger charge is 1.90. The third kappa shape index (κ3) is 1.82. The summed E-state index contributed by atoms with van der Waals surface area (Å²) in [6.45, 7) is 1.98. The number of halogens is 1. The minimum absolute atomic E-state index is 1.06. The molecule has 0 saturated heterocycles. The molecule has 1 heterocycles. The van der Waals surface area contributed by atoms with Crippen molar-refractivity contribution in [3.63, 3.8) is 0 Å². The number of aromatic nitrogens is 1. The van der Waals surface area contributed by atoms with Crippen LogP contribution in [0.5, 0.6) is 0 Å². The van der Waals surface area contributed by atoms with Gasteiger partial charge >= 0.3 is 0 Å². The maximum absolute atomic E-state index is 4.20. The molecule has 1 rings (SSSR count). The Kier molecular flexibility index (Phi) is 1.91. The maximum atomic E-state index is 4.20. The van der Waals surface area contributed by atoms with E-state index in [4.69, 9.17) is 0 Å². The van der Waals surface area contributed by atoms with Crippen molar-refractivity contribution in [2.24, 2.45) is 0 Å². The van der Waals surface area contributed by atoms with Gasteiger partial charge < -0.3 is 0 Å². The van der Waals surface area contributed by atoms with Crippen molar-refractivity contribution < 1.29 is 0 Å². The monoisotopic (exact) mass is 183 g/mol. The standard InChI is InChI=1S/C6H7BBrN/c1-4-2-5(8)3-6(7)9-4/h2-3H,7H2,1H3. The number of rotatable bonds is 0. The number of hydrogen-bond donors (Lipinski definition) is 0. The van der Waals surface area contributed by atoms with Gasteiger partial charge in [-0.2, -0.15) is 0 Å². The fourth-order valence-corrected chi connectivity index (χ4v) is 1.45. The molecule has 0 aliphatic rings. The topological polar surface area (TPSA) is 12.9 Å². The van der Waals surface area contributed by atoms with Crippen molar-refractivity contribution in [1.29, 1.82) is 0 Å². The first-order valence-electron chi connectivity index (χ1n) is 2.79. The highest BCUT2D eigenvalue weighted by molar-refractivity contribution is 9.10. The van der Waals surface area contributed by atoms with E-state index in [0.717, 1.165) is 15.8 Å². The number of hydrogen-bond acceptors (Lipinski definition) is 1. The second-order valence-electron chi connectivity index (χ2n) is 2.07. The summed E-state index contributed by atoms with van der Waals surface area (Å²) in [4.78, 5) is 4.20. The Morgan fingerprint density at radius 3 is 2.67 bits per heavy atom. The second kappa shape index (κ2) is 2.52. The molecule has 0 N–H and O–H groups in total. The van der Waals surface area contributed by atoms with E-state index in [1.807, 2.05) is 26.9 Å². The van der Waals surface area contributed by atoms with E-state index in [9.17, 15) is 0 Å². The zero-order valence-electron chi connectivity index (χ0n) is 5.48. The molecule has 0 atom stereocenters. The van der Waals surface area contributed by atoms with Gasteiger partial charge in [0.05, 0.1) is 0 Å². The molecule has 1 aromatic rings. The van der Waals surface area contributed by atoms with Gasteiger partial charge in [-0.1, -0.05) is 15.9 Å². The first-order valence-corrected chi connectivity index (χ1v) is 3.58. The number of aryl methyl sites for hydroxylation is 1. The van der Waals surface area contributed by atoms with E-state index >= 15 is 0 Å². The first-order chi connectivity index (χ1) is 4.18. The highest BCUT2D eigenvalue weighted by atomic mass is 79.9. The van der Waals surface area contributed by atoms with E-state index in [2.05, 4.69) is 20.9 Å². The lowest BCUT2D eigenvalue weighted by atomic mass is 10.0. The van der Waals surface area contributed by atoms with Crippen LogP contribution in [0.4, 0.5) is 0 Å². The quantitative estimate of drug-likeness (QED) is 0.532. The molecule has 0 aromatic carbocycles. The van der Waals surface area contributed by atoms with Gasteiger partial charge in [0.15, 0.2) is 7.85 Å². The van der Waals surface area contributed by atoms with Crippen molar-refractivity contribution in [2.45, 2.75) is 6.92 Å². The van der Waals surface area contributed by atoms with Gasteiger partial charge in [0, 0.05) is 10.2 Å². The Balaban J connectivity index is 3.17. The summed E-state index contributed by atoms with van der Waals surface area (Å²) in [5, 5.41) is 0. The van der Waals surface area contributed by atoms with Crippen molar-refractivity contribution in [3.05, 3.63) is 22.3 Å². The molecule has 3 heteroatoms. The van der Waals surface area contributed by atoms with E-state index in [1.54, 1.807) is 0 Å². The zero-order chi connectivity index (χ0) is 6.85. The Labute approximate surface area is 64.0 Å². The summed E-state index contributed by atoms with van der Waals surface area (Å²) in [5.41, 5.74) is 2.11. The van der Waals surface area contributed by atoms with E-state index in [-0.39, 0.29) is 0 Å². The smallest absolute Gasteiger partial charge is 0.163 e. The van der Waals surface area contributed by atoms with Gasteiger partial charge in [-0.05, 0) is 24.6 Å². The maximum Gasteiger partial charge on any atom is 0.163 e. The van der Waals surface area contributed by atoms with Crippen LogP contribution < -0.4 is 5.59 Å². The molecule has 0 spiro atoms. The fraction of sp³-hybridized carbons (Fsp3) is 0.167. The summed E-state index contributed by atoms with van der Waals surface area (Å²) in [7, 11) is 1.98. The largest absolute Gasteiger partial charge is 0.269 e. The average Bonchev–Trinajstić information content (AvgIpc) is 1.59. The molecular formula is C6H7BBrN. The van der Waals surface area contributed by atoms with Crippen LogP contribution in [-0.2, 0) is 0 Å². The molecule has 0 aliphatic heterocycles. The number of pyridine rings is 1. The van der Waals surface area contributed by atoms with Crippen LogP contribution in [0.3, 0.4) is 0 Å². The van der Waals surface area contributed by atoms with Gasteiger partial charge in [-0.15, -0.1) is 0 Å². The Hall–Kier alpha value is -0.305. The van der Waals surface area contributed by atoms with Gasteiger partial charge in [0.2, 0.25) is 0 Å². The molecule has 9 heavy (non-hydrogen) atoms. The molecule has 1 aromatic heterocycles. The predicted octanol–water partition coefficient (Wildman–Crippen LogP) is 0.411. The molecule has 0 saturated carbocycles. The van der Waals surface area contributed by atoms with E-state index in [0.29, 0.717) is 0 Å². The first kappa shape index (κ1) is 6.81. The third-order valence-corrected chi connectivity index (χ3v) is 1.50. The molecule has 0 amide bonds. The normalized spacial score (nSPS) is 9.56. The lowest BCUT2D eigenvalue weighted by molar-refractivity contribution is 1.23. The highest BCUT2D eigenvalue weighted by Crippen LogP contribution is 2.06. The molecule has 1 nitrogen and oxygen atoms in total. The molecule has 0 radical (unpaired) electrons. The van der Waals surface area contributed by atoms with Crippen LogP contribution in [0, 0.1) is 6.92 Å². The summed E-state index contributed by atoms with van der Waals surface area (Å²) in [6.07, 6.45) is 0. The molecule has 0 bridgehead atoms. The Morgan fingerprint density at radius 2 is 2.22 bits per heavy atom. The minimum Gasteiger partial charge on any atom is -0.269 e. The Morgan fingerprint density at radius 1 is 1.56 bits per heavy atom. The van der Waals surface area contributed by atoms with Crippen LogP contribution in [0.1, 0.15) is 5.69 Å². The van der Waals surface area contributed by atoms with Crippen LogP contribution in [0.2, 0.25) is 0 Å². The van der Waals surface area contributed by atoms with Crippen molar-refractivity contribution in [3.8, 4) is 0 Å². The van der Waals surface area contributed by atoms with Crippen LogP contribution in [0.25, 0.3) is 0 Å². The summed E-state index contributed by atoms with van der Waals surface area (Å²) in [5.74, 6) is 0. The molecule has 0 aliphatic carbocycles. The summed E-state index contributed by atoms with van der Waals surface area (Å²) >= 11 is 3.37. The van der Waals surface area contributed by atoms with E-state index < -0.39 is 0 Å². The fourth-order valence-electron chi connectivity index (χ4n) is 0.783. The molecule has 0 unspecified atom stereocenters. The molecule has 46 valence electrons. The predicted molar refractivity (Wildman–Crippen MR) is 44.9 cm³/mol. The SMILES string of the molecule is Bc1cc(Br)cc(C)n1. The van der Waals surface area contributed by atoms with Crippen LogP contribution in [-0.4, -0.2) is 12.8 Å². The van der Waals surface area contributed by atoms with E-state index in [1.165, 1.54) is 0 Å².